The standard InChI is InChI=1S/C21H17F3N2O3S2/c1-30-17-6-8-18(9-7-17)31(28,29)26(16-4-2-3-14(22)11-16)13-21(27)25-20-10-5-15(23)12-19(20)24/h2-12H,13H2,1H3,(H,25,27). The highest BCUT2D eigenvalue weighted by Gasteiger charge is 2.28. The van der Waals surface area contributed by atoms with E-state index in [0.29, 0.717) is 6.07 Å². The van der Waals surface area contributed by atoms with Gasteiger partial charge in [-0.05, 0) is 60.9 Å². The number of thioether (sulfide) groups is 1. The summed E-state index contributed by atoms with van der Waals surface area (Å²) in [4.78, 5) is 13.3. The maximum Gasteiger partial charge on any atom is 0.264 e. The van der Waals surface area contributed by atoms with Crippen molar-refractivity contribution in [3.63, 3.8) is 0 Å². The maximum absolute atomic E-state index is 13.9. The van der Waals surface area contributed by atoms with Crippen molar-refractivity contribution in [1.82, 2.24) is 0 Å². The van der Waals surface area contributed by atoms with Crippen LogP contribution >= 0.6 is 11.8 Å². The molecule has 0 atom stereocenters. The second kappa shape index (κ2) is 9.44. The van der Waals surface area contributed by atoms with Gasteiger partial charge in [0, 0.05) is 11.0 Å². The molecule has 0 aromatic heterocycles. The minimum atomic E-state index is -4.26. The lowest BCUT2D eigenvalue weighted by Gasteiger charge is -2.24. The summed E-state index contributed by atoms with van der Waals surface area (Å²) in [5.41, 5.74) is -0.393. The van der Waals surface area contributed by atoms with Crippen molar-refractivity contribution in [1.29, 1.82) is 0 Å². The first kappa shape index (κ1) is 22.7. The molecule has 3 aromatic rings. The van der Waals surface area contributed by atoms with Crippen LogP contribution in [0.15, 0.2) is 76.5 Å². The smallest absolute Gasteiger partial charge is 0.264 e. The Hall–Kier alpha value is -2.98. The Kier molecular flexibility index (Phi) is 6.91. The topological polar surface area (TPSA) is 66.5 Å². The third-order valence-corrected chi connectivity index (χ3v) is 6.77. The molecular weight excluding hydrogens is 449 g/mol. The Labute approximate surface area is 181 Å². The molecule has 0 bridgehead atoms. The molecule has 0 fully saturated rings. The average Bonchev–Trinajstić information content (AvgIpc) is 2.74. The monoisotopic (exact) mass is 466 g/mol. The lowest BCUT2D eigenvalue weighted by atomic mass is 10.3. The van der Waals surface area contributed by atoms with Gasteiger partial charge < -0.3 is 5.32 Å². The molecule has 1 amide bonds. The van der Waals surface area contributed by atoms with Crippen molar-refractivity contribution in [2.75, 3.05) is 22.4 Å². The van der Waals surface area contributed by atoms with E-state index in [-0.39, 0.29) is 16.3 Å². The van der Waals surface area contributed by atoms with Gasteiger partial charge in [0.2, 0.25) is 5.91 Å². The molecule has 10 heteroatoms. The minimum absolute atomic E-state index is 0.0799. The van der Waals surface area contributed by atoms with E-state index < -0.39 is 39.9 Å². The molecular formula is C21H17F3N2O3S2. The highest BCUT2D eigenvalue weighted by Crippen LogP contribution is 2.26. The molecule has 0 saturated carbocycles. The van der Waals surface area contributed by atoms with E-state index >= 15 is 0 Å². The van der Waals surface area contributed by atoms with Crippen molar-refractivity contribution in [3.05, 3.63) is 84.2 Å². The van der Waals surface area contributed by atoms with Crippen LogP contribution in [0.4, 0.5) is 24.5 Å². The number of benzene rings is 3. The number of anilines is 2. The second-order valence-corrected chi connectivity index (χ2v) is 9.08. The zero-order valence-electron chi connectivity index (χ0n) is 16.2. The van der Waals surface area contributed by atoms with E-state index in [1.54, 1.807) is 12.1 Å². The lowest BCUT2D eigenvalue weighted by molar-refractivity contribution is -0.114. The number of nitrogens with one attached hydrogen (secondary N) is 1. The summed E-state index contributed by atoms with van der Waals surface area (Å²) in [6.45, 7) is -0.757. The van der Waals surface area contributed by atoms with Gasteiger partial charge in [-0.2, -0.15) is 0 Å². The number of hydrogen-bond donors (Lipinski definition) is 1. The molecule has 3 aromatic carbocycles. The van der Waals surface area contributed by atoms with Gasteiger partial charge in [-0.1, -0.05) is 6.07 Å². The molecule has 0 heterocycles. The quantitative estimate of drug-likeness (QED) is 0.515. The molecule has 0 radical (unpaired) electrons. The first-order valence-corrected chi connectivity index (χ1v) is 11.5. The number of carbonyl (C=O) groups is 1. The predicted octanol–water partition coefficient (Wildman–Crippen LogP) is 4.66. The van der Waals surface area contributed by atoms with Gasteiger partial charge in [0.05, 0.1) is 16.3 Å². The zero-order chi connectivity index (χ0) is 22.6. The Morgan fingerprint density at radius 2 is 1.65 bits per heavy atom. The van der Waals surface area contributed by atoms with Gasteiger partial charge in [-0.25, -0.2) is 21.6 Å². The summed E-state index contributed by atoms with van der Waals surface area (Å²) in [6.07, 6.45) is 1.83. The molecule has 0 unspecified atom stereocenters. The average molecular weight is 467 g/mol. The fourth-order valence-electron chi connectivity index (χ4n) is 2.73. The van der Waals surface area contributed by atoms with Gasteiger partial charge in [-0.3, -0.25) is 9.10 Å². The highest BCUT2D eigenvalue weighted by molar-refractivity contribution is 7.98. The molecule has 0 aliphatic carbocycles. The molecule has 3 rings (SSSR count). The Morgan fingerprint density at radius 1 is 0.968 bits per heavy atom. The lowest BCUT2D eigenvalue weighted by Crippen LogP contribution is -2.38. The molecule has 0 saturated heterocycles. The summed E-state index contributed by atoms with van der Waals surface area (Å²) in [5.74, 6) is -3.42. The highest BCUT2D eigenvalue weighted by atomic mass is 32.2. The van der Waals surface area contributed by atoms with Crippen molar-refractivity contribution in [2.24, 2.45) is 0 Å². The van der Waals surface area contributed by atoms with Gasteiger partial charge in [0.25, 0.3) is 10.0 Å². The number of rotatable bonds is 7. The Morgan fingerprint density at radius 3 is 2.26 bits per heavy atom. The second-order valence-electron chi connectivity index (χ2n) is 6.34. The van der Waals surface area contributed by atoms with Crippen LogP contribution in [-0.4, -0.2) is 27.1 Å². The zero-order valence-corrected chi connectivity index (χ0v) is 17.8. The molecule has 0 aliphatic rings. The Balaban J connectivity index is 1.95. The fraction of sp³-hybridized carbons (Fsp3) is 0.0952. The normalized spacial score (nSPS) is 11.2. The van der Waals surface area contributed by atoms with E-state index in [9.17, 15) is 26.4 Å². The maximum atomic E-state index is 13.9. The fourth-order valence-corrected chi connectivity index (χ4v) is 4.55. The SMILES string of the molecule is CSc1ccc(S(=O)(=O)N(CC(=O)Nc2ccc(F)cc2F)c2cccc(F)c2)cc1. The van der Waals surface area contributed by atoms with Crippen LogP contribution in [0.5, 0.6) is 0 Å². The van der Waals surface area contributed by atoms with Crippen molar-refractivity contribution in [2.45, 2.75) is 9.79 Å². The molecule has 31 heavy (non-hydrogen) atoms. The number of sulfonamides is 1. The summed E-state index contributed by atoms with van der Waals surface area (Å²) >= 11 is 1.42. The predicted molar refractivity (Wildman–Crippen MR) is 114 cm³/mol. The van der Waals surface area contributed by atoms with E-state index in [1.165, 1.54) is 36.0 Å². The van der Waals surface area contributed by atoms with Crippen molar-refractivity contribution < 1.29 is 26.4 Å². The van der Waals surface area contributed by atoms with E-state index in [2.05, 4.69) is 5.32 Å². The first-order valence-electron chi connectivity index (χ1n) is 8.88. The third kappa shape index (κ3) is 5.39. The summed E-state index contributed by atoms with van der Waals surface area (Å²) in [6, 6.07) is 13.3. The van der Waals surface area contributed by atoms with Crippen LogP contribution in [0.1, 0.15) is 0 Å². The number of amides is 1. The summed E-state index contributed by atoms with van der Waals surface area (Å²) < 4.78 is 67.9. The Bertz CT molecular complexity index is 1200. The minimum Gasteiger partial charge on any atom is -0.322 e. The van der Waals surface area contributed by atoms with E-state index in [0.717, 1.165) is 33.5 Å². The third-order valence-electron chi connectivity index (χ3n) is 4.24. The molecule has 0 aliphatic heterocycles. The molecule has 5 nitrogen and oxygen atoms in total. The largest absolute Gasteiger partial charge is 0.322 e. The van der Waals surface area contributed by atoms with Crippen molar-refractivity contribution in [3.8, 4) is 0 Å². The molecule has 0 spiro atoms. The van der Waals surface area contributed by atoms with E-state index in [1.807, 2.05) is 6.26 Å². The van der Waals surface area contributed by atoms with E-state index in [4.69, 9.17) is 0 Å². The number of carbonyl (C=O) groups excluding carboxylic acids is 1. The van der Waals surface area contributed by atoms with Gasteiger partial charge in [0.1, 0.15) is 24.0 Å². The van der Waals surface area contributed by atoms with Crippen LogP contribution in [0.25, 0.3) is 0 Å². The van der Waals surface area contributed by atoms with Gasteiger partial charge >= 0.3 is 0 Å². The molecule has 1 N–H and O–H groups in total. The number of halogens is 3. The summed E-state index contributed by atoms with van der Waals surface area (Å²) in [5, 5.41) is 2.21. The van der Waals surface area contributed by atoms with Gasteiger partial charge in [-0.15, -0.1) is 11.8 Å². The number of hydrogen-bond acceptors (Lipinski definition) is 4. The molecule has 162 valence electrons. The first-order chi connectivity index (χ1) is 14.7. The van der Waals surface area contributed by atoms with Crippen LogP contribution in [0.2, 0.25) is 0 Å². The van der Waals surface area contributed by atoms with Gasteiger partial charge in [0.15, 0.2) is 0 Å². The number of nitrogens with zero attached hydrogens (tertiary/aromatic N) is 1. The van der Waals surface area contributed by atoms with Crippen LogP contribution in [-0.2, 0) is 14.8 Å². The van der Waals surface area contributed by atoms with Crippen LogP contribution in [0, 0.1) is 17.5 Å². The summed E-state index contributed by atoms with van der Waals surface area (Å²) in [7, 11) is -4.26. The van der Waals surface area contributed by atoms with Crippen LogP contribution < -0.4 is 9.62 Å². The van der Waals surface area contributed by atoms with Crippen LogP contribution in [0.3, 0.4) is 0 Å². The van der Waals surface area contributed by atoms with Crippen molar-refractivity contribution >= 4 is 39.1 Å².